The Labute approximate surface area is 127 Å². The third-order valence-corrected chi connectivity index (χ3v) is 3.51. The van der Waals surface area contributed by atoms with E-state index in [1.807, 2.05) is 6.07 Å². The lowest BCUT2D eigenvalue weighted by atomic mass is 10.2. The monoisotopic (exact) mass is 310 g/mol. The van der Waals surface area contributed by atoms with Gasteiger partial charge in [0.2, 0.25) is 6.79 Å². The molecule has 1 fully saturated rings. The van der Waals surface area contributed by atoms with E-state index in [0.717, 1.165) is 24.6 Å². The van der Waals surface area contributed by atoms with E-state index in [0.29, 0.717) is 6.79 Å². The topological polar surface area (TPSA) is 104 Å². The Balaban J connectivity index is 0.000000254. The largest absolute Gasteiger partial charge is 0.539 e. The number of anilines is 1. The van der Waals surface area contributed by atoms with E-state index >= 15 is 0 Å². The van der Waals surface area contributed by atoms with E-state index in [1.165, 1.54) is 18.8 Å². The van der Waals surface area contributed by atoms with Crippen LogP contribution in [0.15, 0.2) is 18.2 Å². The van der Waals surface area contributed by atoms with Crippen molar-refractivity contribution in [1.29, 1.82) is 0 Å². The molecule has 8 heteroatoms. The summed E-state index contributed by atoms with van der Waals surface area (Å²) in [6.07, 6.45) is 0. The Morgan fingerprint density at radius 2 is 1.82 bits per heavy atom. The minimum atomic E-state index is -2.07. The highest BCUT2D eigenvalue weighted by Gasteiger charge is 2.20. The van der Waals surface area contributed by atoms with Crippen LogP contribution in [0.5, 0.6) is 11.5 Å². The normalized spacial score (nSPS) is 16.7. The molecule has 120 valence electrons. The molecule has 0 aliphatic carbocycles. The van der Waals surface area contributed by atoms with Crippen LogP contribution in [0.25, 0.3) is 0 Å². The first-order valence-electron chi connectivity index (χ1n) is 6.87. The summed E-state index contributed by atoms with van der Waals surface area (Å²) in [4.78, 5) is 22.0. The maximum Gasteiger partial charge on any atom is 0.351 e. The molecule has 2 N–H and O–H groups in total. The smallest absolute Gasteiger partial charge is 0.351 e. The molecule has 2 aliphatic heterocycles. The Morgan fingerprint density at radius 3 is 2.41 bits per heavy atom. The van der Waals surface area contributed by atoms with Crippen molar-refractivity contribution in [3.8, 4) is 11.5 Å². The summed E-state index contributed by atoms with van der Waals surface area (Å²) in [7, 11) is 2.25. The molecular weight excluding hydrogens is 292 g/mol. The maximum absolute atomic E-state index is 9.04. The molecule has 0 amide bonds. The SMILES string of the molecule is C[NH+]1CCN(c2ccc3c(c2)OCO3)CC1.O=C([O-])C(=O)O. The fraction of sp³-hybridized carbons (Fsp3) is 0.429. The van der Waals surface area contributed by atoms with E-state index in [4.69, 9.17) is 29.3 Å². The van der Waals surface area contributed by atoms with Crippen LogP contribution in [0.1, 0.15) is 0 Å². The van der Waals surface area contributed by atoms with Gasteiger partial charge >= 0.3 is 5.97 Å². The number of benzene rings is 1. The van der Waals surface area contributed by atoms with Crippen molar-refractivity contribution in [2.75, 3.05) is 44.9 Å². The first kappa shape index (κ1) is 15.9. The van der Waals surface area contributed by atoms with Crippen molar-refractivity contribution in [3.05, 3.63) is 18.2 Å². The number of nitrogens with one attached hydrogen (secondary N) is 1. The van der Waals surface area contributed by atoms with Gasteiger partial charge in [-0.25, -0.2) is 4.79 Å². The highest BCUT2D eigenvalue weighted by atomic mass is 16.7. The molecule has 0 spiro atoms. The lowest BCUT2D eigenvalue weighted by Crippen LogP contribution is -3.12. The number of aliphatic carboxylic acids is 2. The number of carbonyl (C=O) groups excluding carboxylic acids is 1. The van der Waals surface area contributed by atoms with Crippen LogP contribution in [0.2, 0.25) is 0 Å². The van der Waals surface area contributed by atoms with Gasteiger partial charge in [0.25, 0.3) is 0 Å². The van der Waals surface area contributed by atoms with Crippen LogP contribution in [-0.4, -0.2) is 57.1 Å². The number of fused-ring (bicyclic) bond motifs is 1. The van der Waals surface area contributed by atoms with Gasteiger partial charge in [0.15, 0.2) is 17.5 Å². The summed E-state index contributed by atoms with van der Waals surface area (Å²) in [5.74, 6) is -2.27. The average Bonchev–Trinajstić information content (AvgIpc) is 2.96. The molecule has 0 bridgehead atoms. The highest BCUT2D eigenvalue weighted by Crippen LogP contribution is 2.35. The fourth-order valence-electron chi connectivity index (χ4n) is 2.23. The number of ether oxygens (including phenoxy) is 2. The van der Waals surface area contributed by atoms with Crippen molar-refractivity contribution in [1.82, 2.24) is 0 Å². The van der Waals surface area contributed by atoms with Crippen LogP contribution in [-0.2, 0) is 9.59 Å². The fourth-order valence-corrected chi connectivity index (χ4v) is 2.23. The lowest BCUT2D eigenvalue weighted by molar-refractivity contribution is -0.880. The van der Waals surface area contributed by atoms with Crippen molar-refractivity contribution >= 4 is 17.6 Å². The quantitative estimate of drug-likeness (QED) is 0.556. The number of carbonyl (C=O) groups is 2. The average molecular weight is 310 g/mol. The van der Waals surface area contributed by atoms with Gasteiger partial charge in [-0.1, -0.05) is 0 Å². The van der Waals surface area contributed by atoms with Crippen molar-refractivity contribution < 1.29 is 34.2 Å². The second-order valence-corrected chi connectivity index (χ2v) is 5.07. The molecule has 1 aromatic rings. The van der Waals surface area contributed by atoms with Crippen molar-refractivity contribution in [2.45, 2.75) is 0 Å². The Hall–Kier alpha value is -2.48. The van der Waals surface area contributed by atoms with Crippen LogP contribution >= 0.6 is 0 Å². The van der Waals surface area contributed by atoms with E-state index < -0.39 is 11.9 Å². The molecule has 0 saturated carbocycles. The highest BCUT2D eigenvalue weighted by molar-refractivity contribution is 6.26. The number of piperazine rings is 1. The van der Waals surface area contributed by atoms with E-state index in [1.54, 1.807) is 4.90 Å². The van der Waals surface area contributed by atoms with Gasteiger partial charge in [-0.05, 0) is 12.1 Å². The number of rotatable bonds is 1. The molecule has 0 aromatic heterocycles. The van der Waals surface area contributed by atoms with Gasteiger partial charge in [-0.2, -0.15) is 0 Å². The third kappa shape index (κ3) is 4.01. The van der Waals surface area contributed by atoms with Crippen LogP contribution in [0.3, 0.4) is 0 Å². The second kappa shape index (κ2) is 6.99. The minimum absolute atomic E-state index is 0.353. The maximum atomic E-state index is 9.04. The zero-order chi connectivity index (χ0) is 16.1. The molecule has 2 aliphatic rings. The molecule has 0 radical (unpaired) electrons. The summed E-state index contributed by atoms with van der Waals surface area (Å²) in [5.41, 5.74) is 1.25. The number of quaternary nitrogens is 1. The molecule has 2 heterocycles. The van der Waals surface area contributed by atoms with Crippen molar-refractivity contribution in [2.24, 2.45) is 0 Å². The van der Waals surface area contributed by atoms with Gasteiger partial charge < -0.3 is 34.3 Å². The Morgan fingerprint density at radius 1 is 1.23 bits per heavy atom. The molecule has 3 rings (SSSR count). The minimum Gasteiger partial charge on any atom is -0.539 e. The van der Waals surface area contributed by atoms with E-state index in [-0.39, 0.29) is 0 Å². The number of hydrogen-bond acceptors (Lipinski definition) is 6. The third-order valence-electron chi connectivity index (χ3n) is 3.51. The molecule has 0 atom stereocenters. The van der Waals surface area contributed by atoms with Gasteiger partial charge in [0, 0.05) is 11.8 Å². The number of carboxylic acid groups (broad SMARTS) is 2. The predicted octanol–water partition coefficient (Wildman–Crippen LogP) is -2.43. The van der Waals surface area contributed by atoms with Gasteiger partial charge in [0.1, 0.15) is 0 Å². The zero-order valence-corrected chi connectivity index (χ0v) is 12.2. The van der Waals surface area contributed by atoms with Gasteiger partial charge in [0.05, 0.1) is 33.2 Å². The molecular formula is C14H18N2O6. The van der Waals surface area contributed by atoms with Crippen LogP contribution < -0.4 is 24.4 Å². The summed E-state index contributed by atoms with van der Waals surface area (Å²) >= 11 is 0. The van der Waals surface area contributed by atoms with Crippen LogP contribution in [0, 0.1) is 0 Å². The van der Waals surface area contributed by atoms with Crippen molar-refractivity contribution in [3.63, 3.8) is 0 Å². The summed E-state index contributed by atoms with van der Waals surface area (Å²) in [6, 6.07) is 6.21. The second-order valence-electron chi connectivity index (χ2n) is 5.07. The zero-order valence-electron chi connectivity index (χ0n) is 12.2. The molecule has 22 heavy (non-hydrogen) atoms. The number of hydrogen-bond donors (Lipinski definition) is 2. The summed E-state index contributed by atoms with van der Waals surface area (Å²) < 4.78 is 10.7. The standard InChI is InChI=1S/C12H16N2O2.C2H2O4/c1-13-4-6-14(7-5-13)10-2-3-11-12(8-10)16-9-15-11;3-1(4)2(5)6/h2-3,8H,4-7,9H2,1H3;(H,3,4)(H,5,6). The number of nitrogens with zero attached hydrogens (tertiary/aromatic N) is 1. The first-order chi connectivity index (χ1) is 10.5. The molecule has 0 unspecified atom stereocenters. The molecule has 1 saturated heterocycles. The Bertz CT molecular complexity index is 542. The van der Waals surface area contributed by atoms with E-state index in [9.17, 15) is 0 Å². The Kier molecular flexibility index (Phi) is 5.05. The summed E-state index contributed by atoms with van der Waals surface area (Å²) in [5, 5.41) is 16.3. The van der Waals surface area contributed by atoms with Gasteiger partial charge in [-0.3, -0.25) is 0 Å². The first-order valence-corrected chi connectivity index (χ1v) is 6.87. The molecule has 1 aromatic carbocycles. The van der Waals surface area contributed by atoms with Crippen LogP contribution in [0.4, 0.5) is 5.69 Å². The number of likely N-dealkylation sites (N-methyl/N-ethyl adjacent to an activating group) is 1. The lowest BCUT2D eigenvalue weighted by Gasteiger charge is -2.31. The predicted molar refractivity (Wildman–Crippen MR) is 74.0 cm³/mol. The van der Waals surface area contributed by atoms with E-state index in [2.05, 4.69) is 24.1 Å². The summed E-state index contributed by atoms with van der Waals surface area (Å²) in [6.45, 7) is 4.99. The molecule has 8 nitrogen and oxygen atoms in total. The number of carboxylic acids is 2. The van der Waals surface area contributed by atoms with Gasteiger partial charge in [-0.15, -0.1) is 0 Å².